The first-order valence-corrected chi connectivity index (χ1v) is 9.36. The van der Waals surface area contributed by atoms with Crippen molar-refractivity contribution in [3.8, 4) is 11.9 Å². The zero-order valence-electron chi connectivity index (χ0n) is 13.6. The van der Waals surface area contributed by atoms with Crippen LogP contribution in [0.25, 0.3) is 0 Å². The molecule has 0 saturated heterocycles. The molecule has 0 amide bonds. The Hall–Kier alpha value is -2.19. The van der Waals surface area contributed by atoms with E-state index in [1.54, 1.807) is 0 Å². The molecule has 1 aromatic carbocycles. The molecule has 0 radical (unpaired) electrons. The van der Waals surface area contributed by atoms with Crippen LogP contribution in [0.3, 0.4) is 0 Å². The second-order valence-corrected chi connectivity index (χ2v) is 7.25. The van der Waals surface area contributed by atoms with Crippen LogP contribution in [0.5, 0.6) is 11.9 Å². The zero-order chi connectivity index (χ0) is 17.2. The highest BCUT2D eigenvalue weighted by Crippen LogP contribution is 2.28. The minimum atomic E-state index is -3.66. The number of hydrogen-bond donors (Lipinski definition) is 0. The monoisotopic (exact) mass is 349 g/mol. The summed E-state index contributed by atoms with van der Waals surface area (Å²) < 4.78 is 33.0. The maximum absolute atomic E-state index is 11.5. The molecule has 0 spiro atoms. The lowest BCUT2D eigenvalue weighted by molar-refractivity contribution is 0.236. The number of nitrogens with zero attached hydrogens (tertiary/aromatic N) is 3. The Morgan fingerprint density at radius 3 is 2.62 bits per heavy atom. The average molecular weight is 349 g/mol. The van der Waals surface area contributed by atoms with Crippen molar-refractivity contribution in [2.45, 2.75) is 19.5 Å². The van der Waals surface area contributed by atoms with Crippen molar-refractivity contribution in [2.24, 2.45) is 0 Å². The third-order valence-electron chi connectivity index (χ3n) is 3.75. The van der Waals surface area contributed by atoms with E-state index in [1.807, 2.05) is 18.2 Å². The van der Waals surface area contributed by atoms with Gasteiger partial charge in [-0.3, -0.25) is 4.90 Å². The smallest absolute Gasteiger partial charge is 0.319 e. The second-order valence-electron chi connectivity index (χ2n) is 5.67. The van der Waals surface area contributed by atoms with E-state index in [4.69, 9.17) is 8.92 Å². The number of aromatic nitrogens is 2. The molecule has 0 fully saturated rings. The van der Waals surface area contributed by atoms with Crippen LogP contribution in [0, 0.1) is 0 Å². The van der Waals surface area contributed by atoms with Crippen LogP contribution < -0.4 is 8.92 Å². The Morgan fingerprint density at radius 2 is 1.96 bits per heavy atom. The van der Waals surface area contributed by atoms with E-state index >= 15 is 0 Å². The summed E-state index contributed by atoms with van der Waals surface area (Å²) in [7, 11) is -2.22. The Kier molecular flexibility index (Phi) is 4.68. The molecular formula is C16H19N3O4S. The van der Waals surface area contributed by atoms with Gasteiger partial charge in [0, 0.05) is 25.2 Å². The summed E-state index contributed by atoms with van der Waals surface area (Å²) in [4.78, 5) is 10.7. The highest BCUT2D eigenvalue weighted by Gasteiger charge is 2.25. The summed E-state index contributed by atoms with van der Waals surface area (Å²) in [6.45, 7) is 2.16. The SMILES string of the molecule is COc1nc2c(c(OS(C)(=O)=O)n1)CCN(Cc1ccccc1)C2. The van der Waals surface area contributed by atoms with Crippen LogP contribution in [0.1, 0.15) is 16.8 Å². The summed E-state index contributed by atoms with van der Waals surface area (Å²) in [5, 5.41) is 0. The lowest BCUT2D eigenvalue weighted by Gasteiger charge is -2.28. The largest absolute Gasteiger partial charge is 0.467 e. The second kappa shape index (κ2) is 6.74. The van der Waals surface area contributed by atoms with E-state index in [-0.39, 0.29) is 11.9 Å². The summed E-state index contributed by atoms with van der Waals surface area (Å²) in [6.07, 6.45) is 1.62. The fraction of sp³-hybridized carbons (Fsp3) is 0.375. The van der Waals surface area contributed by atoms with Gasteiger partial charge >= 0.3 is 16.1 Å². The van der Waals surface area contributed by atoms with Crippen molar-refractivity contribution in [1.82, 2.24) is 14.9 Å². The van der Waals surface area contributed by atoms with Crippen LogP contribution in [0.4, 0.5) is 0 Å². The molecule has 128 valence electrons. The topological polar surface area (TPSA) is 81.6 Å². The lowest BCUT2D eigenvalue weighted by atomic mass is 10.1. The minimum absolute atomic E-state index is 0.0683. The van der Waals surface area contributed by atoms with Gasteiger partial charge in [0.2, 0.25) is 5.88 Å². The first-order valence-electron chi connectivity index (χ1n) is 7.54. The van der Waals surface area contributed by atoms with Gasteiger partial charge in [0.25, 0.3) is 0 Å². The van der Waals surface area contributed by atoms with Gasteiger partial charge in [0.15, 0.2) is 0 Å². The summed E-state index contributed by atoms with van der Waals surface area (Å²) in [5.74, 6) is 0.0683. The van der Waals surface area contributed by atoms with E-state index in [2.05, 4.69) is 27.0 Å². The molecule has 0 aliphatic carbocycles. The molecule has 7 nitrogen and oxygen atoms in total. The number of rotatable bonds is 5. The van der Waals surface area contributed by atoms with Crippen LogP contribution >= 0.6 is 0 Å². The molecule has 0 unspecified atom stereocenters. The van der Waals surface area contributed by atoms with Crippen LogP contribution in [-0.4, -0.2) is 43.2 Å². The van der Waals surface area contributed by atoms with Crippen molar-refractivity contribution in [2.75, 3.05) is 19.9 Å². The van der Waals surface area contributed by atoms with Gasteiger partial charge in [-0.15, -0.1) is 0 Å². The summed E-state index contributed by atoms with van der Waals surface area (Å²) in [6, 6.07) is 10.3. The van der Waals surface area contributed by atoms with Crippen molar-refractivity contribution >= 4 is 10.1 Å². The number of methoxy groups -OCH3 is 1. The van der Waals surface area contributed by atoms with Gasteiger partial charge in [-0.2, -0.15) is 18.4 Å². The van der Waals surface area contributed by atoms with E-state index < -0.39 is 10.1 Å². The Labute approximate surface area is 141 Å². The Bertz CT molecular complexity index is 825. The molecule has 2 heterocycles. The lowest BCUT2D eigenvalue weighted by Crippen LogP contribution is -2.31. The van der Waals surface area contributed by atoms with Crippen molar-refractivity contribution < 1.29 is 17.3 Å². The van der Waals surface area contributed by atoms with Gasteiger partial charge in [0.05, 0.1) is 19.1 Å². The molecule has 0 N–H and O–H groups in total. The minimum Gasteiger partial charge on any atom is -0.467 e. The van der Waals surface area contributed by atoms with Gasteiger partial charge in [-0.1, -0.05) is 30.3 Å². The number of benzene rings is 1. The highest BCUT2D eigenvalue weighted by atomic mass is 32.2. The predicted molar refractivity (Wildman–Crippen MR) is 88.3 cm³/mol. The maximum atomic E-state index is 11.5. The first-order chi connectivity index (χ1) is 11.4. The quantitative estimate of drug-likeness (QED) is 0.754. The number of fused-ring (bicyclic) bond motifs is 1. The van der Waals surface area contributed by atoms with Gasteiger partial charge in [0.1, 0.15) is 0 Å². The third-order valence-corrected chi connectivity index (χ3v) is 4.21. The summed E-state index contributed by atoms with van der Waals surface area (Å²) in [5.41, 5.74) is 2.68. The highest BCUT2D eigenvalue weighted by molar-refractivity contribution is 7.86. The molecule has 0 bridgehead atoms. The molecule has 24 heavy (non-hydrogen) atoms. The molecule has 2 aromatic rings. The van der Waals surface area contributed by atoms with E-state index in [9.17, 15) is 8.42 Å². The van der Waals surface area contributed by atoms with Gasteiger partial charge in [-0.25, -0.2) is 0 Å². The Morgan fingerprint density at radius 1 is 1.21 bits per heavy atom. The molecule has 1 aromatic heterocycles. The molecular weight excluding hydrogens is 330 g/mol. The molecule has 0 atom stereocenters. The molecule has 3 rings (SSSR count). The zero-order valence-corrected chi connectivity index (χ0v) is 14.4. The van der Waals surface area contributed by atoms with Crippen LogP contribution in [0.2, 0.25) is 0 Å². The Balaban J connectivity index is 1.86. The van der Waals surface area contributed by atoms with E-state index in [0.29, 0.717) is 13.0 Å². The first kappa shape index (κ1) is 16.7. The maximum Gasteiger partial charge on any atom is 0.319 e. The van der Waals surface area contributed by atoms with Crippen LogP contribution in [-0.2, 0) is 29.6 Å². The van der Waals surface area contributed by atoms with Crippen LogP contribution in [0.15, 0.2) is 30.3 Å². The third kappa shape index (κ3) is 4.01. The van der Waals surface area contributed by atoms with Crippen molar-refractivity contribution in [1.29, 1.82) is 0 Å². The van der Waals surface area contributed by atoms with Crippen molar-refractivity contribution in [3.63, 3.8) is 0 Å². The van der Waals surface area contributed by atoms with Gasteiger partial charge in [-0.05, 0) is 12.0 Å². The van der Waals surface area contributed by atoms with E-state index in [1.165, 1.54) is 12.7 Å². The normalized spacial score (nSPS) is 14.9. The van der Waals surface area contributed by atoms with Crippen molar-refractivity contribution in [3.05, 3.63) is 47.2 Å². The molecule has 0 saturated carbocycles. The van der Waals surface area contributed by atoms with E-state index in [0.717, 1.165) is 30.6 Å². The summed E-state index contributed by atoms with van der Waals surface area (Å²) >= 11 is 0. The van der Waals surface area contributed by atoms with Gasteiger partial charge < -0.3 is 8.92 Å². The molecule has 1 aliphatic rings. The fourth-order valence-corrected chi connectivity index (χ4v) is 3.13. The molecule has 1 aliphatic heterocycles. The number of ether oxygens (including phenoxy) is 1. The average Bonchev–Trinajstić information content (AvgIpc) is 2.54. The molecule has 8 heteroatoms. The standard InChI is InChI=1S/C16H19N3O4S/c1-22-16-17-14-11-19(10-12-6-4-3-5-7-12)9-8-13(14)15(18-16)23-24(2,20)21/h3-7H,8-11H2,1-2H3. The predicted octanol–water partition coefficient (Wildman–Crippen LogP) is 1.38. The number of hydrogen-bond acceptors (Lipinski definition) is 7. The fourth-order valence-electron chi connectivity index (χ4n) is 2.71.